The fraction of sp³-hybridized carbons (Fsp3) is 0.929. The lowest BCUT2D eigenvalue weighted by molar-refractivity contribution is 0.00240. The van der Waals surface area contributed by atoms with Gasteiger partial charge in [0.15, 0.2) is 0 Å². The Morgan fingerprint density at radius 2 is 2.05 bits per heavy atom. The normalized spacial score (nSPS) is 21.1. The molecule has 1 aliphatic heterocycles. The molecular weight excluding hydrogens is 244 g/mol. The van der Waals surface area contributed by atoms with Crippen LogP contribution in [0.4, 0.5) is 4.79 Å². The van der Waals surface area contributed by atoms with Crippen molar-refractivity contribution >= 4 is 6.09 Å². The predicted molar refractivity (Wildman–Crippen MR) is 75.1 cm³/mol. The van der Waals surface area contributed by atoms with E-state index >= 15 is 0 Å². The first-order chi connectivity index (χ1) is 8.94. The number of rotatable bonds is 4. The molecule has 0 radical (unpaired) electrons. The van der Waals surface area contributed by atoms with E-state index in [0.717, 1.165) is 32.2 Å². The molecule has 1 fully saturated rings. The summed E-state index contributed by atoms with van der Waals surface area (Å²) in [5, 5.41) is 0. The highest BCUT2D eigenvalue weighted by atomic mass is 16.6. The molecule has 112 valence electrons. The number of hydrogen-bond acceptors (Lipinski definition) is 4. The van der Waals surface area contributed by atoms with E-state index < -0.39 is 5.60 Å². The Labute approximate surface area is 116 Å². The average molecular weight is 272 g/mol. The van der Waals surface area contributed by atoms with Gasteiger partial charge >= 0.3 is 6.09 Å². The molecule has 19 heavy (non-hydrogen) atoms. The molecule has 5 nitrogen and oxygen atoms in total. The molecule has 1 saturated heterocycles. The third-order valence-electron chi connectivity index (χ3n) is 3.08. The lowest BCUT2D eigenvalue weighted by Gasteiger charge is -2.32. The summed E-state index contributed by atoms with van der Waals surface area (Å²) < 4.78 is 11.0. The van der Waals surface area contributed by atoms with Gasteiger partial charge in [0.25, 0.3) is 0 Å². The summed E-state index contributed by atoms with van der Waals surface area (Å²) >= 11 is 0. The van der Waals surface area contributed by atoms with Crippen LogP contribution in [0.15, 0.2) is 0 Å². The summed E-state index contributed by atoms with van der Waals surface area (Å²) in [5.74, 6) is 0. The van der Waals surface area contributed by atoms with E-state index in [-0.39, 0.29) is 12.1 Å². The van der Waals surface area contributed by atoms with Gasteiger partial charge in [0.1, 0.15) is 5.60 Å². The van der Waals surface area contributed by atoms with Crippen LogP contribution >= 0.6 is 0 Å². The third-order valence-corrected chi connectivity index (χ3v) is 3.08. The van der Waals surface area contributed by atoms with Crippen LogP contribution in [0.25, 0.3) is 0 Å². The van der Waals surface area contributed by atoms with Crippen molar-refractivity contribution < 1.29 is 14.3 Å². The minimum atomic E-state index is -0.452. The van der Waals surface area contributed by atoms with E-state index in [2.05, 4.69) is 0 Å². The minimum absolute atomic E-state index is 0.115. The molecule has 0 aromatic heterocycles. The molecule has 1 heterocycles. The van der Waals surface area contributed by atoms with Crippen LogP contribution in [0, 0.1) is 0 Å². The van der Waals surface area contributed by atoms with E-state index in [1.165, 1.54) is 0 Å². The van der Waals surface area contributed by atoms with E-state index in [1.807, 2.05) is 25.7 Å². The standard InChI is InChI=1S/C14H28N2O3/c1-14(2,3)19-13(17)16-9-6-4-5-7-12(16)11-18-10-8-15/h12H,4-11,15H2,1-3H3. The highest BCUT2D eigenvalue weighted by Crippen LogP contribution is 2.20. The summed E-state index contributed by atoms with van der Waals surface area (Å²) in [4.78, 5) is 14.1. The van der Waals surface area contributed by atoms with Gasteiger partial charge < -0.3 is 20.1 Å². The Bertz CT molecular complexity index is 276. The molecule has 0 bridgehead atoms. The van der Waals surface area contributed by atoms with Gasteiger partial charge in [-0.3, -0.25) is 0 Å². The molecule has 1 rings (SSSR count). The second kappa shape index (κ2) is 7.70. The fourth-order valence-electron chi connectivity index (χ4n) is 2.21. The summed E-state index contributed by atoms with van der Waals surface area (Å²) in [7, 11) is 0. The largest absolute Gasteiger partial charge is 0.444 e. The minimum Gasteiger partial charge on any atom is -0.444 e. The molecule has 1 amide bonds. The monoisotopic (exact) mass is 272 g/mol. The first-order valence-corrected chi connectivity index (χ1v) is 7.21. The Hall–Kier alpha value is -0.810. The van der Waals surface area contributed by atoms with Crippen LogP contribution in [0.5, 0.6) is 0 Å². The van der Waals surface area contributed by atoms with Crippen molar-refractivity contribution in [2.45, 2.75) is 58.1 Å². The van der Waals surface area contributed by atoms with Crippen molar-refractivity contribution in [3.05, 3.63) is 0 Å². The molecule has 0 aromatic carbocycles. The quantitative estimate of drug-likeness (QED) is 0.796. The number of nitrogens with zero attached hydrogens (tertiary/aromatic N) is 1. The second-order valence-corrected chi connectivity index (χ2v) is 6.04. The van der Waals surface area contributed by atoms with Gasteiger partial charge in [-0.2, -0.15) is 0 Å². The van der Waals surface area contributed by atoms with E-state index in [1.54, 1.807) is 0 Å². The van der Waals surface area contributed by atoms with E-state index in [0.29, 0.717) is 19.8 Å². The maximum absolute atomic E-state index is 12.2. The zero-order chi connectivity index (χ0) is 14.3. The predicted octanol–water partition coefficient (Wildman–Crippen LogP) is 2.14. The number of carbonyl (C=O) groups excluding carboxylic acids is 1. The van der Waals surface area contributed by atoms with E-state index in [9.17, 15) is 4.79 Å². The number of hydrogen-bond donors (Lipinski definition) is 1. The first-order valence-electron chi connectivity index (χ1n) is 7.21. The molecule has 1 aliphatic rings. The number of carbonyl (C=O) groups is 1. The Balaban J connectivity index is 2.59. The molecule has 2 N–H and O–H groups in total. The third kappa shape index (κ3) is 6.25. The number of likely N-dealkylation sites (tertiary alicyclic amines) is 1. The Morgan fingerprint density at radius 3 is 2.68 bits per heavy atom. The van der Waals surface area contributed by atoms with Gasteiger partial charge in [-0.05, 0) is 33.6 Å². The van der Waals surface area contributed by atoms with Crippen molar-refractivity contribution in [1.29, 1.82) is 0 Å². The highest BCUT2D eigenvalue weighted by Gasteiger charge is 2.29. The molecule has 0 spiro atoms. The molecule has 0 saturated carbocycles. The maximum atomic E-state index is 12.2. The molecule has 0 aromatic rings. The summed E-state index contributed by atoms with van der Waals surface area (Å²) in [5.41, 5.74) is 4.97. The topological polar surface area (TPSA) is 64.8 Å². The van der Waals surface area contributed by atoms with Crippen LogP contribution in [-0.2, 0) is 9.47 Å². The lowest BCUT2D eigenvalue weighted by atomic mass is 10.1. The van der Waals surface area contributed by atoms with Crippen LogP contribution in [0.3, 0.4) is 0 Å². The Kier molecular flexibility index (Phi) is 6.58. The van der Waals surface area contributed by atoms with Gasteiger partial charge in [-0.25, -0.2) is 4.79 Å². The Morgan fingerprint density at radius 1 is 1.32 bits per heavy atom. The zero-order valence-electron chi connectivity index (χ0n) is 12.5. The first kappa shape index (κ1) is 16.2. The summed E-state index contributed by atoms with van der Waals surface area (Å²) in [6, 6.07) is 0.115. The smallest absolute Gasteiger partial charge is 0.410 e. The van der Waals surface area contributed by atoms with Gasteiger partial charge in [0.2, 0.25) is 0 Å². The summed E-state index contributed by atoms with van der Waals surface area (Å²) in [6.07, 6.45) is 4.08. The van der Waals surface area contributed by atoms with Crippen molar-refractivity contribution in [2.75, 3.05) is 26.3 Å². The number of ether oxygens (including phenoxy) is 2. The van der Waals surface area contributed by atoms with Crippen LogP contribution in [-0.4, -0.2) is 48.9 Å². The lowest BCUT2D eigenvalue weighted by Crippen LogP contribution is -2.45. The van der Waals surface area contributed by atoms with Crippen LogP contribution in [0.1, 0.15) is 46.5 Å². The van der Waals surface area contributed by atoms with Gasteiger partial charge in [0.05, 0.1) is 19.3 Å². The molecule has 1 unspecified atom stereocenters. The average Bonchev–Trinajstić information content (AvgIpc) is 2.52. The van der Waals surface area contributed by atoms with Crippen molar-refractivity contribution in [3.8, 4) is 0 Å². The molecule has 5 heteroatoms. The number of amides is 1. The molecular formula is C14H28N2O3. The van der Waals surface area contributed by atoms with Crippen LogP contribution < -0.4 is 5.73 Å². The molecule has 1 atom stereocenters. The van der Waals surface area contributed by atoms with Gasteiger partial charge in [-0.15, -0.1) is 0 Å². The number of nitrogens with two attached hydrogens (primary N) is 1. The maximum Gasteiger partial charge on any atom is 0.410 e. The summed E-state index contributed by atoms with van der Waals surface area (Å²) in [6.45, 7) is 8.04. The second-order valence-electron chi connectivity index (χ2n) is 6.04. The molecule has 0 aliphatic carbocycles. The van der Waals surface area contributed by atoms with Crippen molar-refractivity contribution in [1.82, 2.24) is 4.90 Å². The SMILES string of the molecule is CC(C)(C)OC(=O)N1CCCCCC1COCCN. The van der Waals surface area contributed by atoms with E-state index in [4.69, 9.17) is 15.2 Å². The van der Waals surface area contributed by atoms with Crippen molar-refractivity contribution in [2.24, 2.45) is 5.73 Å². The fourth-order valence-corrected chi connectivity index (χ4v) is 2.21. The van der Waals surface area contributed by atoms with Crippen LogP contribution in [0.2, 0.25) is 0 Å². The van der Waals surface area contributed by atoms with Gasteiger partial charge in [-0.1, -0.05) is 12.8 Å². The zero-order valence-corrected chi connectivity index (χ0v) is 12.5. The van der Waals surface area contributed by atoms with Gasteiger partial charge in [0, 0.05) is 13.1 Å². The highest BCUT2D eigenvalue weighted by molar-refractivity contribution is 5.68. The van der Waals surface area contributed by atoms with Crippen molar-refractivity contribution in [3.63, 3.8) is 0 Å².